The standard InChI is InChI=1S/C17H18BrNO3S/c1-3-5-14(17(21)22-2)19-16(20)12-8-7-11(18)10-13(12)15-6-4-9-23-15/h4,6-10,14H,3,5H2,1-2H3,(H,19,20)/t14-/m1/s1. The number of amides is 1. The Bertz CT molecular complexity index is 685. The van der Waals surface area contributed by atoms with Gasteiger partial charge in [-0.15, -0.1) is 11.3 Å². The highest BCUT2D eigenvalue weighted by atomic mass is 79.9. The van der Waals surface area contributed by atoms with E-state index in [0.717, 1.165) is 21.3 Å². The molecule has 0 bridgehead atoms. The van der Waals surface area contributed by atoms with E-state index < -0.39 is 12.0 Å². The number of hydrogen-bond acceptors (Lipinski definition) is 4. The van der Waals surface area contributed by atoms with Crippen LogP contribution in [-0.2, 0) is 9.53 Å². The number of thiophene rings is 1. The summed E-state index contributed by atoms with van der Waals surface area (Å²) in [6.07, 6.45) is 1.32. The van der Waals surface area contributed by atoms with Crippen LogP contribution in [0.4, 0.5) is 0 Å². The van der Waals surface area contributed by atoms with Gasteiger partial charge in [-0.2, -0.15) is 0 Å². The quantitative estimate of drug-likeness (QED) is 0.743. The number of hydrogen-bond donors (Lipinski definition) is 1. The maximum absolute atomic E-state index is 12.6. The Hall–Kier alpha value is -1.66. The lowest BCUT2D eigenvalue weighted by atomic mass is 10.0. The zero-order valence-corrected chi connectivity index (χ0v) is 15.4. The fourth-order valence-corrected chi connectivity index (χ4v) is 3.38. The molecule has 1 aromatic heterocycles. The molecule has 1 heterocycles. The molecule has 4 nitrogen and oxygen atoms in total. The molecule has 0 spiro atoms. The van der Waals surface area contributed by atoms with Crippen molar-refractivity contribution in [1.82, 2.24) is 5.32 Å². The Balaban J connectivity index is 2.30. The van der Waals surface area contributed by atoms with E-state index in [4.69, 9.17) is 4.74 Å². The number of carbonyl (C=O) groups is 2. The van der Waals surface area contributed by atoms with Crippen molar-refractivity contribution >= 4 is 39.1 Å². The van der Waals surface area contributed by atoms with Crippen LogP contribution in [0.3, 0.4) is 0 Å². The lowest BCUT2D eigenvalue weighted by Gasteiger charge is -2.17. The van der Waals surface area contributed by atoms with Crippen LogP contribution in [0.1, 0.15) is 30.1 Å². The molecule has 0 fully saturated rings. The van der Waals surface area contributed by atoms with E-state index in [9.17, 15) is 9.59 Å². The van der Waals surface area contributed by atoms with Gasteiger partial charge in [0.25, 0.3) is 5.91 Å². The number of methoxy groups -OCH3 is 1. The summed E-state index contributed by atoms with van der Waals surface area (Å²) in [4.78, 5) is 25.4. The average Bonchev–Trinajstić information content (AvgIpc) is 3.07. The second-order valence-electron chi connectivity index (χ2n) is 5.01. The maximum Gasteiger partial charge on any atom is 0.328 e. The van der Waals surface area contributed by atoms with Gasteiger partial charge >= 0.3 is 5.97 Å². The molecule has 2 aromatic rings. The number of benzene rings is 1. The number of carbonyl (C=O) groups excluding carboxylic acids is 2. The zero-order valence-electron chi connectivity index (χ0n) is 13.0. The first kappa shape index (κ1) is 17.7. The number of rotatable bonds is 6. The Kier molecular flexibility index (Phi) is 6.36. The molecule has 23 heavy (non-hydrogen) atoms. The van der Waals surface area contributed by atoms with E-state index in [-0.39, 0.29) is 5.91 Å². The topological polar surface area (TPSA) is 55.4 Å². The van der Waals surface area contributed by atoms with E-state index in [2.05, 4.69) is 21.2 Å². The van der Waals surface area contributed by atoms with Gasteiger partial charge in [-0.3, -0.25) is 4.79 Å². The van der Waals surface area contributed by atoms with Crippen LogP contribution in [0.25, 0.3) is 10.4 Å². The predicted octanol–water partition coefficient (Wildman–Crippen LogP) is 4.25. The first-order valence-corrected chi connectivity index (χ1v) is 8.96. The van der Waals surface area contributed by atoms with Crippen molar-refractivity contribution in [3.8, 4) is 10.4 Å². The Morgan fingerprint density at radius 2 is 2.13 bits per heavy atom. The molecule has 1 aromatic carbocycles. The van der Waals surface area contributed by atoms with Crippen LogP contribution < -0.4 is 5.32 Å². The van der Waals surface area contributed by atoms with Gasteiger partial charge in [-0.1, -0.05) is 35.3 Å². The van der Waals surface area contributed by atoms with Gasteiger partial charge in [0.1, 0.15) is 6.04 Å². The van der Waals surface area contributed by atoms with Crippen LogP contribution in [-0.4, -0.2) is 25.0 Å². The smallest absolute Gasteiger partial charge is 0.328 e. The number of halogens is 1. The van der Waals surface area contributed by atoms with Crippen LogP contribution >= 0.6 is 27.3 Å². The van der Waals surface area contributed by atoms with Crippen LogP contribution in [0, 0.1) is 0 Å². The molecular weight excluding hydrogens is 378 g/mol. The van der Waals surface area contributed by atoms with Gasteiger partial charge in [0.15, 0.2) is 0 Å². The summed E-state index contributed by atoms with van der Waals surface area (Å²) >= 11 is 5.00. The molecule has 0 radical (unpaired) electrons. The summed E-state index contributed by atoms with van der Waals surface area (Å²) in [6, 6.07) is 8.77. The van der Waals surface area contributed by atoms with Crippen LogP contribution in [0.5, 0.6) is 0 Å². The third-order valence-corrected chi connectivity index (χ3v) is 4.78. The van der Waals surface area contributed by atoms with Crippen molar-refractivity contribution in [3.63, 3.8) is 0 Å². The molecule has 6 heteroatoms. The van der Waals surface area contributed by atoms with E-state index in [0.29, 0.717) is 12.0 Å². The zero-order chi connectivity index (χ0) is 16.8. The van der Waals surface area contributed by atoms with E-state index in [1.165, 1.54) is 7.11 Å². The van der Waals surface area contributed by atoms with Crippen molar-refractivity contribution in [1.29, 1.82) is 0 Å². The fourth-order valence-electron chi connectivity index (χ4n) is 2.27. The summed E-state index contributed by atoms with van der Waals surface area (Å²) in [5.41, 5.74) is 1.38. The van der Waals surface area contributed by atoms with Crippen molar-refractivity contribution in [2.24, 2.45) is 0 Å². The van der Waals surface area contributed by atoms with Crippen molar-refractivity contribution in [2.45, 2.75) is 25.8 Å². The molecule has 0 aliphatic rings. The minimum atomic E-state index is -0.627. The Labute approximate surface area is 148 Å². The molecule has 1 N–H and O–H groups in total. The third kappa shape index (κ3) is 4.42. The highest BCUT2D eigenvalue weighted by molar-refractivity contribution is 9.10. The fraction of sp³-hybridized carbons (Fsp3) is 0.294. The molecule has 0 aliphatic carbocycles. The van der Waals surface area contributed by atoms with Crippen LogP contribution in [0.15, 0.2) is 40.2 Å². The number of ether oxygens (including phenoxy) is 1. The number of esters is 1. The lowest BCUT2D eigenvalue weighted by Crippen LogP contribution is -2.41. The SMILES string of the molecule is CCC[C@@H](NC(=O)c1ccc(Br)cc1-c1cccs1)C(=O)OC. The minimum Gasteiger partial charge on any atom is -0.467 e. The van der Waals surface area contributed by atoms with Gasteiger partial charge in [0.05, 0.1) is 7.11 Å². The second-order valence-corrected chi connectivity index (χ2v) is 6.87. The molecule has 0 unspecified atom stereocenters. The normalized spacial score (nSPS) is 11.8. The van der Waals surface area contributed by atoms with Gasteiger partial charge in [-0.25, -0.2) is 4.79 Å². The molecular formula is C17H18BrNO3S. The first-order valence-electron chi connectivity index (χ1n) is 7.29. The lowest BCUT2D eigenvalue weighted by molar-refractivity contribution is -0.143. The van der Waals surface area contributed by atoms with Gasteiger partial charge in [-0.05, 0) is 36.1 Å². The van der Waals surface area contributed by atoms with Gasteiger partial charge in [0, 0.05) is 20.5 Å². The molecule has 122 valence electrons. The number of nitrogens with one attached hydrogen (secondary N) is 1. The highest BCUT2D eigenvalue weighted by Gasteiger charge is 2.23. The summed E-state index contributed by atoms with van der Waals surface area (Å²) in [5, 5.41) is 4.75. The molecule has 1 atom stereocenters. The van der Waals surface area contributed by atoms with E-state index in [1.807, 2.05) is 36.6 Å². The van der Waals surface area contributed by atoms with Crippen molar-refractivity contribution in [2.75, 3.05) is 7.11 Å². The summed E-state index contributed by atoms with van der Waals surface area (Å²) in [5.74, 6) is -0.695. The Morgan fingerprint density at radius 3 is 2.74 bits per heavy atom. The van der Waals surface area contributed by atoms with Crippen LogP contribution in [0.2, 0.25) is 0 Å². The minimum absolute atomic E-state index is 0.273. The molecule has 1 amide bonds. The third-order valence-electron chi connectivity index (χ3n) is 3.38. The molecule has 0 saturated carbocycles. The summed E-state index contributed by atoms with van der Waals surface area (Å²) < 4.78 is 5.66. The predicted molar refractivity (Wildman–Crippen MR) is 95.6 cm³/mol. The van der Waals surface area contributed by atoms with Crippen molar-refractivity contribution < 1.29 is 14.3 Å². The molecule has 0 saturated heterocycles. The monoisotopic (exact) mass is 395 g/mol. The first-order chi connectivity index (χ1) is 11.1. The second kappa shape index (κ2) is 8.26. The molecule has 0 aliphatic heterocycles. The van der Waals surface area contributed by atoms with Gasteiger partial charge in [0.2, 0.25) is 0 Å². The van der Waals surface area contributed by atoms with E-state index >= 15 is 0 Å². The summed E-state index contributed by atoms with van der Waals surface area (Å²) in [7, 11) is 1.33. The average molecular weight is 396 g/mol. The maximum atomic E-state index is 12.6. The van der Waals surface area contributed by atoms with Crippen molar-refractivity contribution in [3.05, 3.63) is 45.7 Å². The van der Waals surface area contributed by atoms with E-state index in [1.54, 1.807) is 17.4 Å². The largest absolute Gasteiger partial charge is 0.467 e. The molecule has 2 rings (SSSR count). The summed E-state index contributed by atoms with van der Waals surface area (Å²) in [6.45, 7) is 1.96. The highest BCUT2D eigenvalue weighted by Crippen LogP contribution is 2.30. The van der Waals surface area contributed by atoms with Gasteiger partial charge < -0.3 is 10.1 Å². The Morgan fingerprint density at radius 1 is 1.35 bits per heavy atom.